The molecule has 1 rings (SSSR count). The molecule has 0 radical (unpaired) electrons. The fraction of sp³-hybridized carbons (Fsp3) is 1.00. The average Bonchev–Trinajstić information content (AvgIpc) is 2.44. The molecule has 0 amide bonds. The summed E-state index contributed by atoms with van der Waals surface area (Å²) in [6.45, 7) is 10.3. The van der Waals surface area contributed by atoms with Crippen molar-refractivity contribution in [1.82, 2.24) is 10.3 Å². The Morgan fingerprint density at radius 3 is 2.17 bits per heavy atom. The molecule has 1 aliphatic carbocycles. The molecular formula is C15H33N3. The first-order valence-electron chi connectivity index (χ1n) is 7.93. The van der Waals surface area contributed by atoms with Gasteiger partial charge in [-0.25, -0.2) is 0 Å². The van der Waals surface area contributed by atoms with Gasteiger partial charge in [0.25, 0.3) is 0 Å². The maximum atomic E-state index is 5.77. The van der Waals surface area contributed by atoms with Crippen LogP contribution in [0, 0.1) is 11.8 Å². The normalized spacial score (nSPS) is 26.5. The molecule has 1 atom stereocenters. The molecule has 0 heterocycles. The number of nitrogens with zero attached hydrogens (tertiary/aromatic N) is 1. The number of nitrogens with two attached hydrogens (primary N) is 1. The molecule has 3 N–H and O–H groups in total. The van der Waals surface area contributed by atoms with Gasteiger partial charge in [-0.2, -0.15) is 0 Å². The van der Waals surface area contributed by atoms with E-state index in [-0.39, 0.29) is 0 Å². The number of rotatable bonds is 8. The van der Waals surface area contributed by atoms with Crippen LogP contribution in [0.15, 0.2) is 0 Å². The highest BCUT2D eigenvalue weighted by molar-refractivity contribution is 4.81. The maximum absolute atomic E-state index is 5.77. The van der Waals surface area contributed by atoms with Gasteiger partial charge in [0.1, 0.15) is 0 Å². The molecule has 0 aliphatic heterocycles. The topological polar surface area (TPSA) is 41.3 Å². The Balaban J connectivity index is 2.32. The molecule has 1 unspecified atom stereocenters. The zero-order valence-corrected chi connectivity index (χ0v) is 12.6. The zero-order valence-electron chi connectivity index (χ0n) is 12.6. The van der Waals surface area contributed by atoms with Gasteiger partial charge in [-0.05, 0) is 50.7 Å². The summed E-state index contributed by atoms with van der Waals surface area (Å²) in [6, 6.07) is 0.517. The van der Waals surface area contributed by atoms with Crippen molar-refractivity contribution in [2.75, 3.05) is 19.6 Å². The Kier molecular flexibility index (Phi) is 7.87. The summed E-state index contributed by atoms with van der Waals surface area (Å²) in [5.74, 6) is 7.55. The van der Waals surface area contributed by atoms with Gasteiger partial charge >= 0.3 is 0 Å². The SMILES string of the molecule is CCC1CCC(C(CCN(CC)CC)NN)CC1. The lowest BCUT2D eigenvalue weighted by Crippen LogP contribution is -2.44. The number of hydrogen-bond donors (Lipinski definition) is 2. The van der Waals surface area contributed by atoms with E-state index < -0.39 is 0 Å². The molecule has 0 spiro atoms. The Hall–Kier alpha value is -0.120. The van der Waals surface area contributed by atoms with Gasteiger partial charge in [0.2, 0.25) is 0 Å². The van der Waals surface area contributed by atoms with Crippen molar-refractivity contribution < 1.29 is 0 Å². The first-order valence-corrected chi connectivity index (χ1v) is 7.93. The Morgan fingerprint density at radius 2 is 1.72 bits per heavy atom. The van der Waals surface area contributed by atoms with E-state index in [1.54, 1.807) is 0 Å². The molecule has 1 saturated carbocycles. The molecule has 108 valence electrons. The lowest BCUT2D eigenvalue weighted by molar-refractivity contribution is 0.193. The molecule has 0 aromatic heterocycles. The largest absolute Gasteiger partial charge is 0.304 e. The highest BCUT2D eigenvalue weighted by Gasteiger charge is 2.26. The van der Waals surface area contributed by atoms with E-state index >= 15 is 0 Å². The fourth-order valence-corrected chi connectivity index (χ4v) is 3.32. The van der Waals surface area contributed by atoms with E-state index in [4.69, 9.17) is 5.84 Å². The molecule has 1 fully saturated rings. The van der Waals surface area contributed by atoms with E-state index in [0.29, 0.717) is 6.04 Å². The van der Waals surface area contributed by atoms with Crippen LogP contribution in [0.25, 0.3) is 0 Å². The Morgan fingerprint density at radius 1 is 1.11 bits per heavy atom. The van der Waals surface area contributed by atoms with Crippen LogP contribution in [-0.2, 0) is 0 Å². The van der Waals surface area contributed by atoms with Crippen LogP contribution in [0.5, 0.6) is 0 Å². The van der Waals surface area contributed by atoms with Gasteiger partial charge in [0.15, 0.2) is 0 Å². The summed E-state index contributed by atoms with van der Waals surface area (Å²) in [5.41, 5.74) is 3.08. The molecule has 0 bridgehead atoms. The minimum atomic E-state index is 0.517. The van der Waals surface area contributed by atoms with Crippen LogP contribution < -0.4 is 11.3 Å². The van der Waals surface area contributed by atoms with E-state index in [0.717, 1.165) is 24.9 Å². The Bertz CT molecular complexity index is 196. The second kappa shape index (κ2) is 8.89. The third-order valence-electron chi connectivity index (χ3n) is 4.90. The van der Waals surface area contributed by atoms with Crippen LogP contribution in [-0.4, -0.2) is 30.6 Å². The summed E-state index contributed by atoms with van der Waals surface area (Å²) < 4.78 is 0. The van der Waals surface area contributed by atoms with Crippen molar-refractivity contribution >= 4 is 0 Å². The van der Waals surface area contributed by atoms with Gasteiger partial charge < -0.3 is 4.90 Å². The highest BCUT2D eigenvalue weighted by atomic mass is 15.2. The minimum absolute atomic E-state index is 0.517. The van der Waals surface area contributed by atoms with Gasteiger partial charge in [-0.3, -0.25) is 11.3 Å². The van der Waals surface area contributed by atoms with Crippen LogP contribution in [0.4, 0.5) is 0 Å². The third-order valence-corrected chi connectivity index (χ3v) is 4.90. The molecule has 3 nitrogen and oxygen atoms in total. The zero-order chi connectivity index (χ0) is 13.4. The summed E-state index contributed by atoms with van der Waals surface area (Å²) >= 11 is 0. The lowest BCUT2D eigenvalue weighted by Gasteiger charge is -2.34. The quantitative estimate of drug-likeness (QED) is 0.517. The van der Waals surface area contributed by atoms with E-state index in [1.807, 2.05) is 0 Å². The fourth-order valence-electron chi connectivity index (χ4n) is 3.32. The summed E-state index contributed by atoms with van der Waals surface area (Å²) in [7, 11) is 0. The van der Waals surface area contributed by atoms with Crippen molar-refractivity contribution in [1.29, 1.82) is 0 Å². The van der Waals surface area contributed by atoms with Crippen molar-refractivity contribution in [2.24, 2.45) is 17.7 Å². The number of hydrogen-bond acceptors (Lipinski definition) is 3. The molecule has 0 aromatic rings. The maximum Gasteiger partial charge on any atom is 0.0250 e. The monoisotopic (exact) mass is 255 g/mol. The van der Waals surface area contributed by atoms with Crippen LogP contribution in [0.1, 0.15) is 59.3 Å². The van der Waals surface area contributed by atoms with Gasteiger partial charge in [-0.1, -0.05) is 40.0 Å². The smallest absolute Gasteiger partial charge is 0.0250 e. The van der Waals surface area contributed by atoms with E-state index in [9.17, 15) is 0 Å². The van der Waals surface area contributed by atoms with Crippen molar-refractivity contribution in [3.8, 4) is 0 Å². The molecule has 0 aromatic carbocycles. The Labute approximate surface area is 113 Å². The molecular weight excluding hydrogens is 222 g/mol. The summed E-state index contributed by atoms with van der Waals surface area (Å²) in [6.07, 6.45) is 8.10. The molecule has 18 heavy (non-hydrogen) atoms. The van der Waals surface area contributed by atoms with Gasteiger partial charge in [-0.15, -0.1) is 0 Å². The van der Waals surface area contributed by atoms with E-state index in [1.165, 1.54) is 45.1 Å². The van der Waals surface area contributed by atoms with Crippen LogP contribution in [0.3, 0.4) is 0 Å². The van der Waals surface area contributed by atoms with Crippen LogP contribution in [0.2, 0.25) is 0 Å². The third kappa shape index (κ3) is 4.87. The average molecular weight is 255 g/mol. The summed E-state index contributed by atoms with van der Waals surface area (Å²) in [4.78, 5) is 2.49. The van der Waals surface area contributed by atoms with Crippen molar-refractivity contribution in [2.45, 2.75) is 65.3 Å². The number of nitrogens with one attached hydrogen (secondary N) is 1. The minimum Gasteiger partial charge on any atom is -0.304 e. The molecule has 0 saturated heterocycles. The van der Waals surface area contributed by atoms with Gasteiger partial charge in [0, 0.05) is 6.04 Å². The standard InChI is InChI=1S/C15H33N3/c1-4-13-7-9-14(10-8-13)15(17-16)11-12-18(5-2)6-3/h13-15,17H,4-12,16H2,1-3H3. The second-order valence-corrected chi connectivity index (χ2v) is 5.78. The molecule has 1 aliphatic rings. The highest BCUT2D eigenvalue weighted by Crippen LogP contribution is 2.33. The summed E-state index contributed by atoms with van der Waals surface area (Å²) in [5, 5.41) is 0. The first kappa shape index (κ1) is 15.9. The second-order valence-electron chi connectivity index (χ2n) is 5.78. The van der Waals surface area contributed by atoms with E-state index in [2.05, 4.69) is 31.1 Å². The first-order chi connectivity index (χ1) is 8.74. The van der Waals surface area contributed by atoms with Crippen molar-refractivity contribution in [3.63, 3.8) is 0 Å². The lowest BCUT2D eigenvalue weighted by atomic mass is 9.77. The predicted octanol–water partition coefficient (Wildman–Crippen LogP) is 2.77. The number of hydrazine groups is 1. The molecule has 3 heteroatoms. The van der Waals surface area contributed by atoms with Crippen LogP contribution >= 0.6 is 0 Å². The van der Waals surface area contributed by atoms with Crippen molar-refractivity contribution in [3.05, 3.63) is 0 Å². The van der Waals surface area contributed by atoms with Gasteiger partial charge in [0.05, 0.1) is 0 Å². The predicted molar refractivity (Wildman–Crippen MR) is 79.3 cm³/mol.